The van der Waals surface area contributed by atoms with Gasteiger partial charge in [0.1, 0.15) is 0 Å². The second-order valence-electron chi connectivity index (χ2n) is 7.71. The molecule has 2 heterocycles. The maximum absolute atomic E-state index is 12.4. The van der Waals surface area contributed by atoms with Crippen LogP contribution in [0.4, 0.5) is 5.69 Å². The van der Waals surface area contributed by atoms with Gasteiger partial charge in [0, 0.05) is 41.2 Å². The van der Waals surface area contributed by atoms with Crippen molar-refractivity contribution in [1.82, 2.24) is 4.57 Å². The standard InChI is InChI=1S/C23H24N2O4/c1-14-11-16(15(2)25(14)19-6-7-19)5-10-23(28)29-13-21(26)18-3-8-20-17(12-18)4-9-22(27)24-20/h3,5,8,10-12,19H,4,6-7,9,13H2,1-2H3,(H,24,27)/b10-5+. The monoisotopic (exact) mass is 392 g/mol. The summed E-state index contributed by atoms with van der Waals surface area (Å²) in [6.07, 6.45) is 6.54. The van der Waals surface area contributed by atoms with Gasteiger partial charge in [0.15, 0.2) is 12.4 Å². The number of hydrogen-bond acceptors (Lipinski definition) is 4. The normalized spacial score (nSPS) is 15.9. The molecule has 29 heavy (non-hydrogen) atoms. The number of anilines is 1. The summed E-state index contributed by atoms with van der Waals surface area (Å²) in [5.41, 5.74) is 5.47. The highest BCUT2D eigenvalue weighted by Crippen LogP contribution is 2.38. The molecule has 2 aromatic rings. The zero-order valence-electron chi connectivity index (χ0n) is 16.7. The van der Waals surface area contributed by atoms with Crippen LogP contribution in [-0.4, -0.2) is 28.8 Å². The van der Waals surface area contributed by atoms with Crippen LogP contribution in [-0.2, 0) is 20.7 Å². The lowest BCUT2D eigenvalue weighted by atomic mass is 9.99. The van der Waals surface area contributed by atoms with Gasteiger partial charge in [-0.1, -0.05) is 0 Å². The van der Waals surface area contributed by atoms with Crippen LogP contribution in [0, 0.1) is 13.8 Å². The van der Waals surface area contributed by atoms with Gasteiger partial charge in [-0.05, 0) is 74.6 Å². The number of hydrogen-bond donors (Lipinski definition) is 1. The SMILES string of the molecule is Cc1cc(/C=C/C(=O)OCC(=O)c2ccc3c(c2)CCC(=O)N3)c(C)n1C1CC1. The van der Waals surface area contributed by atoms with E-state index < -0.39 is 5.97 Å². The van der Waals surface area contributed by atoms with E-state index in [-0.39, 0.29) is 18.3 Å². The lowest BCUT2D eigenvalue weighted by molar-refractivity contribution is -0.136. The quantitative estimate of drug-likeness (QED) is 0.461. The second-order valence-corrected chi connectivity index (χ2v) is 7.71. The number of nitrogens with one attached hydrogen (secondary N) is 1. The number of fused-ring (bicyclic) bond motifs is 1. The van der Waals surface area contributed by atoms with Gasteiger partial charge in [0.25, 0.3) is 0 Å². The number of carbonyl (C=O) groups excluding carboxylic acids is 3. The zero-order chi connectivity index (χ0) is 20.5. The predicted octanol–water partition coefficient (Wildman–Crippen LogP) is 3.76. The molecule has 0 saturated heterocycles. The Labute approximate surface area is 169 Å². The molecule has 150 valence electrons. The fourth-order valence-corrected chi connectivity index (χ4v) is 3.85. The Kier molecular flexibility index (Phi) is 5.09. The predicted molar refractivity (Wildman–Crippen MR) is 110 cm³/mol. The summed E-state index contributed by atoms with van der Waals surface area (Å²) in [6.45, 7) is 3.82. The van der Waals surface area contributed by atoms with Crippen molar-refractivity contribution in [2.24, 2.45) is 0 Å². The molecule has 1 aromatic heterocycles. The molecule has 0 spiro atoms. The summed E-state index contributed by atoms with van der Waals surface area (Å²) >= 11 is 0. The summed E-state index contributed by atoms with van der Waals surface area (Å²) in [5.74, 6) is -0.826. The van der Waals surface area contributed by atoms with E-state index in [0.29, 0.717) is 24.4 Å². The van der Waals surface area contributed by atoms with E-state index in [2.05, 4.69) is 29.8 Å². The molecule has 0 unspecified atom stereocenters. The highest BCUT2D eigenvalue weighted by Gasteiger charge is 2.26. The molecule has 1 amide bonds. The number of ketones is 1. The minimum Gasteiger partial charge on any atom is -0.454 e. The van der Waals surface area contributed by atoms with Crippen molar-refractivity contribution in [3.8, 4) is 0 Å². The summed E-state index contributed by atoms with van der Waals surface area (Å²) in [6, 6.07) is 7.77. The van der Waals surface area contributed by atoms with Gasteiger partial charge in [-0.25, -0.2) is 4.79 Å². The Balaban J connectivity index is 1.35. The summed E-state index contributed by atoms with van der Waals surface area (Å²) in [7, 11) is 0. The molecule has 1 N–H and O–H groups in total. The third kappa shape index (κ3) is 4.16. The highest BCUT2D eigenvalue weighted by molar-refractivity contribution is 6.00. The summed E-state index contributed by atoms with van der Waals surface area (Å²) < 4.78 is 7.44. The molecule has 0 radical (unpaired) electrons. The second kappa shape index (κ2) is 7.70. The first-order valence-electron chi connectivity index (χ1n) is 9.91. The van der Waals surface area contributed by atoms with Crippen LogP contribution in [0.5, 0.6) is 0 Å². The molecule has 0 atom stereocenters. The highest BCUT2D eigenvalue weighted by atomic mass is 16.5. The van der Waals surface area contributed by atoms with Crippen molar-refractivity contribution in [1.29, 1.82) is 0 Å². The number of carbonyl (C=O) groups is 3. The zero-order valence-corrected chi connectivity index (χ0v) is 16.7. The van der Waals surface area contributed by atoms with Gasteiger partial charge < -0.3 is 14.6 Å². The Morgan fingerprint density at radius 1 is 1.21 bits per heavy atom. The van der Waals surface area contributed by atoms with Crippen molar-refractivity contribution in [3.63, 3.8) is 0 Å². The number of benzene rings is 1. The van der Waals surface area contributed by atoms with Crippen molar-refractivity contribution in [2.75, 3.05) is 11.9 Å². The smallest absolute Gasteiger partial charge is 0.331 e. The van der Waals surface area contributed by atoms with E-state index in [1.165, 1.54) is 24.6 Å². The van der Waals surface area contributed by atoms with E-state index in [4.69, 9.17) is 4.74 Å². The van der Waals surface area contributed by atoms with Crippen molar-refractivity contribution < 1.29 is 19.1 Å². The average molecular weight is 392 g/mol. The fraction of sp³-hybridized carbons (Fsp3) is 0.348. The molecule has 0 bridgehead atoms. The van der Waals surface area contributed by atoms with Gasteiger partial charge in [0.2, 0.25) is 5.91 Å². The minimum absolute atomic E-state index is 0.0183. The number of ether oxygens (including phenoxy) is 1. The van der Waals surface area contributed by atoms with Crippen LogP contribution >= 0.6 is 0 Å². The number of rotatable bonds is 6. The molecule has 6 nitrogen and oxygen atoms in total. The van der Waals surface area contributed by atoms with Crippen LogP contribution in [0.1, 0.15) is 58.2 Å². The number of amides is 1. The number of nitrogens with zero attached hydrogens (tertiary/aromatic N) is 1. The Bertz CT molecular complexity index is 1030. The van der Waals surface area contributed by atoms with Crippen molar-refractivity contribution in [3.05, 3.63) is 58.4 Å². The lowest BCUT2D eigenvalue weighted by Crippen LogP contribution is -2.20. The Morgan fingerprint density at radius 2 is 2.00 bits per heavy atom. The van der Waals surface area contributed by atoms with E-state index in [9.17, 15) is 14.4 Å². The minimum atomic E-state index is -0.542. The average Bonchev–Trinajstić information content (AvgIpc) is 3.49. The summed E-state index contributed by atoms with van der Waals surface area (Å²) in [5, 5.41) is 2.78. The van der Waals surface area contributed by atoms with Gasteiger partial charge in [-0.15, -0.1) is 0 Å². The molecule has 2 aliphatic rings. The Hall–Kier alpha value is -3.15. The topological polar surface area (TPSA) is 77.4 Å². The third-order valence-corrected chi connectivity index (χ3v) is 5.50. The Morgan fingerprint density at radius 3 is 2.76 bits per heavy atom. The van der Waals surface area contributed by atoms with Gasteiger partial charge in [0.05, 0.1) is 0 Å². The molecule has 1 aliphatic carbocycles. The molecule has 4 rings (SSSR count). The van der Waals surface area contributed by atoms with E-state index in [0.717, 1.165) is 22.5 Å². The molecule has 1 fully saturated rings. The van der Waals surface area contributed by atoms with Gasteiger partial charge in [-0.3, -0.25) is 9.59 Å². The van der Waals surface area contributed by atoms with Crippen LogP contribution in [0.2, 0.25) is 0 Å². The number of Topliss-reactive ketones (excluding diaryl/α,β-unsaturated/α-hetero) is 1. The van der Waals surface area contributed by atoms with Crippen molar-refractivity contribution >= 4 is 29.4 Å². The van der Waals surface area contributed by atoms with Crippen LogP contribution in [0.15, 0.2) is 30.3 Å². The number of esters is 1. The molecule has 1 saturated carbocycles. The van der Waals surface area contributed by atoms with Gasteiger partial charge >= 0.3 is 5.97 Å². The molecule has 1 aromatic carbocycles. The maximum atomic E-state index is 12.4. The van der Waals surface area contributed by atoms with E-state index in [1.807, 2.05) is 0 Å². The first-order valence-corrected chi connectivity index (χ1v) is 9.91. The van der Waals surface area contributed by atoms with E-state index in [1.54, 1.807) is 24.3 Å². The molecule has 6 heteroatoms. The van der Waals surface area contributed by atoms with Crippen molar-refractivity contribution in [2.45, 2.75) is 45.6 Å². The molecular formula is C23H24N2O4. The molecule has 1 aliphatic heterocycles. The fourth-order valence-electron chi connectivity index (χ4n) is 3.85. The van der Waals surface area contributed by atoms with Crippen LogP contribution in [0.25, 0.3) is 6.08 Å². The summed E-state index contributed by atoms with van der Waals surface area (Å²) in [4.78, 5) is 35.8. The number of aromatic nitrogens is 1. The molecular weight excluding hydrogens is 368 g/mol. The van der Waals surface area contributed by atoms with Gasteiger partial charge in [-0.2, -0.15) is 0 Å². The number of aryl methyl sites for hydroxylation is 2. The van der Waals surface area contributed by atoms with Crippen LogP contribution in [0.3, 0.4) is 0 Å². The lowest BCUT2D eigenvalue weighted by Gasteiger charge is -2.17. The maximum Gasteiger partial charge on any atom is 0.331 e. The first kappa shape index (κ1) is 19.2. The largest absolute Gasteiger partial charge is 0.454 e. The third-order valence-electron chi connectivity index (χ3n) is 5.50. The van der Waals surface area contributed by atoms with Crippen LogP contribution < -0.4 is 5.32 Å². The first-order chi connectivity index (χ1) is 13.9. The van der Waals surface area contributed by atoms with E-state index >= 15 is 0 Å².